The summed E-state index contributed by atoms with van der Waals surface area (Å²) in [5, 5.41) is 3.38. The highest BCUT2D eigenvalue weighted by Crippen LogP contribution is 2.24. The van der Waals surface area contributed by atoms with Crippen molar-refractivity contribution in [1.82, 2.24) is 5.32 Å². The number of hydrogen-bond donors (Lipinski definition) is 1. The lowest BCUT2D eigenvalue weighted by atomic mass is 10.2. The molecule has 1 N–H and O–H groups in total. The lowest BCUT2D eigenvalue weighted by Gasteiger charge is -2.08. The Morgan fingerprint density at radius 2 is 1.50 bits per heavy atom. The monoisotopic (exact) mass is 336 g/mol. The molecule has 0 saturated heterocycles. The van der Waals surface area contributed by atoms with E-state index in [1.807, 2.05) is 66.7 Å². The van der Waals surface area contributed by atoms with Crippen LogP contribution in [-0.2, 0) is 29.0 Å². The predicted molar refractivity (Wildman–Crippen MR) is 96.3 cm³/mol. The van der Waals surface area contributed by atoms with E-state index in [0.29, 0.717) is 18.2 Å². The molecule has 0 aliphatic heterocycles. The molecule has 4 heteroatoms. The van der Waals surface area contributed by atoms with Crippen LogP contribution < -0.4 is 10.1 Å². The third-order valence-corrected chi connectivity index (χ3v) is 4.17. The Bertz CT molecular complexity index is 791. The molecule has 0 aromatic heterocycles. The first-order valence-electron chi connectivity index (χ1n) is 7.75. The Hall–Kier alpha value is -2.56. The first-order valence-corrected chi connectivity index (χ1v) is 8.49. The van der Waals surface area contributed by atoms with Crippen LogP contribution in [0.2, 0.25) is 0 Å². The van der Waals surface area contributed by atoms with Gasteiger partial charge in [-0.05, 0) is 29.8 Å². The zero-order valence-corrected chi connectivity index (χ0v) is 14.0. The van der Waals surface area contributed by atoms with Gasteiger partial charge in [-0.2, -0.15) is 0 Å². The molecule has 0 fully saturated rings. The molecule has 0 aliphatic rings. The fourth-order valence-electron chi connectivity index (χ4n) is 2.40. The molecular weight excluding hydrogens is 318 g/mol. The topological polar surface area (TPSA) is 38.3 Å². The Kier molecular flexibility index (Phi) is 5.66. The van der Waals surface area contributed by atoms with Gasteiger partial charge in [0.15, 0.2) is 0 Å². The van der Waals surface area contributed by atoms with Crippen LogP contribution in [0.3, 0.4) is 0 Å². The summed E-state index contributed by atoms with van der Waals surface area (Å²) in [6, 6.07) is 25.4. The van der Waals surface area contributed by atoms with E-state index in [1.54, 1.807) is 0 Å². The molecule has 0 atom stereocenters. The molecular formula is C20H18NO2S+. The van der Waals surface area contributed by atoms with Crippen molar-refractivity contribution in [2.24, 2.45) is 0 Å². The van der Waals surface area contributed by atoms with Crippen LogP contribution >= 0.6 is 0 Å². The molecule has 0 unspecified atom stereocenters. The molecule has 24 heavy (non-hydrogen) atoms. The van der Waals surface area contributed by atoms with Crippen molar-refractivity contribution in [3.05, 3.63) is 90.0 Å². The van der Waals surface area contributed by atoms with Crippen molar-refractivity contribution >= 4 is 11.7 Å². The molecule has 0 spiro atoms. The molecule has 0 radical (unpaired) electrons. The third kappa shape index (κ3) is 4.47. The summed E-state index contributed by atoms with van der Waals surface area (Å²) < 4.78 is 17.1. The molecule has 0 heterocycles. The molecule has 0 bridgehead atoms. The van der Waals surface area contributed by atoms with Gasteiger partial charge in [-0.1, -0.05) is 48.5 Å². The maximum absolute atomic E-state index is 11.3. The summed E-state index contributed by atoms with van der Waals surface area (Å²) in [6.45, 7) is 1.37. The Labute approximate surface area is 145 Å². The minimum atomic E-state index is 0.511. The van der Waals surface area contributed by atoms with Crippen molar-refractivity contribution in [1.29, 1.82) is 0 Å². The van der Waals surface area contributed by atoms with Crippen molar-refractivity contribution in [3.63, 3.8) is 0 Å². The second-order valence-corrected chi connectivity index (χ2v) is 5.96. The van der Waals surface area contributed by atoms with E-state index in [9.17, 15) is 4.21 Å². The van der Waals surface area contributed by atoms with Gasteiger partial charge in [-0.15, -0.1) is 0 Å². The summed E-state index contributed by atoms with van der Waals surface area (Å²) in [4.78, 5) is 0.718. The summed E-state index contributed by atoms with van der Waals surface area (Å²) >= 11 is 0.511. The summed E-state index contributed by atoms with van der Waals surface area (Å²) in [7, 11) is 0. The minimum Gasteiger partial charge on any atom is -0.457 e. The molecule has 0 amide bonds. The molecule has 3 aromatic carbocycles. The summed E-state index contributed by atoms with van der Waals surface area (Å²) in [5.74, 6) is 1.51. The van der Waals surface area contributed by atoms with Crippen molar-refractivity contribution in [3.8, 4) is 11.5 Å². The van der Waals surface area contributed by atoms with Gasteiger partial charge < -0.3 is 10.1 Å². The van der Waals surface area contributed by atoms with Crippen LogP contribution in [0.25, 0.3) is 0 Å². The van der Waals surface area contributed by atoms with Crippen LogP contribution in [0.4, 0.5) is 0 Å². The molecule has 0 aliphatic carbocycles. The Balaban J connectivity index is 1.68. The average Bonchev–Trinajstić information content (AvgIpc) is 2.64. The third-order valence-electron chi connectivity index (χ3n) is 3.59. The highest BCUT2D eigenvalue weighted by atomic mass is 32.1. The number of para-hydroxylation sites is 1. The van der Waals surface area contributed by atoms with E-state index >= 15 is 0 Å². The van der Waals surface area contributed by atoms with Crippen LogP contribution in [0.1, 0.15) is 11.1 Å². The number of benzene rings is 3. The molecule has 3 rings (SSSR count). The standard InChI is InChI=1S/C20H18NO2S/c22-24-20-12-11-19(23-18-9-5-2-6-10-18)13-17(20)15-21-14-16-7-3-1-4-8-16/h1-13,21H,14-15H2/q+1. The van der Waals surface area contributed by atoms with E-state index in [-0.39, 0.29) is 0 Å². The van der Waals surface area contributed by atoms with E-state index < -0.39 is 0 Å². The van der Waals surface area contributed by atoms with Crippen molar-refractivity contribution < 1.29 is 8.95 Å². The van der Waals surface area contributed by atoms with Crippen molar-refractivity contribution in [2.45, 2.75) is 18.0 Å². The molecule has 3 nitrogen and oxygen atoms in total. The SMILES string of the molecule is O=[S+]c1ccc(Oc2ccccc2)cc1CNCc1ccccc1. The van der Waals surface area contributed by atoms with Gasteiger partial charge in [0, 0.05) is 28.9 Å². The molecule has 120 valence electrons. The van der Waals surface area contributed by atoms with Crippen LogP contribution in [0.15, 0.2) is 83.8 Å². The normalized spacial score (nSPS) is 10.3. The maximum Gasteiger partial charge on any atom is 0.505 e. The number of rotatable bonds is 7. The summed E-state index contributed by atoms with van der Waals surface area (Å²) in [5.41, 5.74) is 2.16. The van der Waals surface area contributed by atoms with Gasteiger partial charge in [0.2, 0.25) is 0 Å². The number of ether oxygens (including phenoxy) is 1. The predicted octanol–water partition coefficient (Wildman–Crippen LogP) is 4.56. The van der Waals surface area contributed by atoms with E-state index in [4.69, 9.17) is 4.74 Å². The Morgan fingerprint density at radius 1 is 0.792 bits per heavy atom. The van der Waals surface area contributed by atoms with Gasteiger partial charge in [0.1, 0.15) is 11.5 Å². The Morgan fingerprint density at radius 3 is 2.21 bits per heavy atom. The number of nitrogens with one attached hydrogen (secondary N) is 1. The largest absolute Gasteiger partial charge is 0.505 e. The van der Waals surface area contributed by atoms with Crippen LogP contribution in [-0.4, -0.2) is 0 Å². The second-order valence-electron chi connectivity index (χ2n) is 5.36. The van der Waals surface area contributed by atoms with Crippen LogP contribution in [0, 0.1) is 0 Å². The maximum atomic E-state index is 11.3. The van der Waals surface area contributed by atoms with E-state index in [0.717, 1.165) is 28.5 Å². The zero-order valence-electron chi connectivity index (χ0n) is 13.1. The lowest BCUT2D eigenvalue weighted by Crippen LogP contribution is -2.13. The smallest absolute Gasteiger partial charge is 0.457 e. The quantitative estimate of drug-likeness (QED) is 0.643. The average molecular weight is 336 g/mol. The summed E-state index contributed by atoms with van der Waals surface area (Å²) in [6.07, 6.45) is 0. The zero-order chi connectivity index (χ0) is 16.6. The minimum absolute atomic E-state index is 0.511. The fraction of sp³-hybridized carbons (Fsp3) is 0.100. The first-order chi connectivity index (χ1) is 11.8. The fourth-order valence-corrected chi connectivity index (χ4v) is 2.76. The van der Waals surface area contributed by atoms with Gasteiger partial charge in [-0.25, -0.2) is 0 Å². The van der Waals surface area contributed by atoms with E-state index in [2.05, 4.69) is 17.4 Å². The van der Waals surface area contributed by atoms with Crippen LogP contribution in [0.5, 0.6) is 11.5 Å². The first kappa shape index (κ1) is 16.3. The highest BCUT2D eigenvalue weighted by molar-refractivity contribution is 7.65. The number of hydrogen-bond acceptors (Lipinski definition) is 3. The lowest BCUT2D eigenvalue weighted by molar-refractivity contribution is 0.480. The second kappa shape index (κ2) is 8.34. The van der Waals surface area contributed by atoms with Gasteiger partial charge in [0.25, 0.3) is 4.90 Å². The van der Waals surface area contributed by atoms with E-state index in [1.165, 1.54) is 5.56 Å². The highest BCUT2D eigenvalue weighted by Gasteiger charge is 2.15. The van der Waals surface area contributed by atoms with Gasteiger partial charge in [-0.3, -0.25) is 0 Å². The molecule has 0 saturated carbocycles. The van der Waals surface area contributed by atoms with Gasteiger partial charge >= 0.3 is 11.7 Å². The molecule has 3 aromatic rings. The van der Waals surface area contributed by atoms with Gasteiger partial charge in [0.05, 0.1) is 0 Å². The van der Waals surface area contributed by atoms with Crippen molar-refractivity contribution in [2.75, 3.05) is 0 Å².